The topological polar surface area (TPSA) is 71.1 Å². The number of carbonyl (C=O) groups is 2. The van der Waals surface area contributed by atoms with Gasteiger partial charge in [0.1, 0.15) is 0 Å². The van der Waals surface area contributed by atoms with Gasteiger partial charge in [-0.05, 0) is 60.4 Å². The molecule has 0 aliphatic carbocycles. The summed E-state index contributed by atoms with van der Waals surface area (Å²) < 4.78 is 22.1. The average Bonchev–Trinajstić information content (AvgIpc) is 2.83. The molecule has 2 rings (SSSR count). The molecule has 6 heteroatoms. The monoisotopic (exact) mass is 438 g/mol. The minimum Gasteiger partial charge on any atom is -0.493 e. The molecular formula is C26H30O6. The lowest BCUT2D eigenvalue weighted by molar-refractivity contribution is -0.107. The molecule has 170 valence electrons. The number of allylic oxidation sites excluding steroid dienone is 2. The Morgan fingerprint density at radius 3 is 1.41 bits per heavy atom. The second kappa shape index (κ2) is 13.0. The molecule has 0 atom stereocenters. The van der Waals surface area contributed by atoms with E-state index in [0.717, 1.165) is 12.8 Å². The first-order valence-electron chi connectivity index (χ1n) is 10.6. The molecule has 0 spiro atoms. The Kier molecular flexibility index (Phi) is 10.0. The quantitative estimate of drug-likeness (QED) is 0.245. The van der Waals surface area contributed by atoms with Gasteiger partial charge in [-0.1, -0.05) is 26.0 Å². The fourth-order valence-corrected chi connectivity index (χ4v) is 2.94. The molecule has 0 radical (unpaired) electrons. The van der Waals surface area contributed by atoms with E-state index in [-0.39, 0.29) is 11.1 Å². The Balaban J connectivity index is 2.37. The molecule has 0 N–H and O–H groups in total. The maximum Gasteiger partial charge on any atom is 0.161 e. The van der Waals surface area contributed by atoms with Crippen molar-refractivity contribution in [2.75, 3.05) is 27.4 Å². The van der Waals surface area contributed by atoms with Crippen LogP contribution in [0.4, 0.5) is 0 Å². The van der Waals surface area contributed by atoms with E-state index in [2.05, 4.69) is 0 Å². The summed E-state index contributed by atoms with van der Waals surface area (Å²) >= 11 is 0. The Morgan fingerprint density at radius 1 is 0.688 bits per heavy atom. The smallest absolute Gasteiger partial charge is 0.161 e. The first-order chi connectivity index (χ1) is 15.6. The number of ether oxygens (including phenoxy) is 4. The first kappa shape index (κ1) is 24.7. The minimum absolute atomic E-state index is 0.245. The molecule has 0 fully saturated rings. The Morgan fingerprint density at radius 2 is 1.09 bits per heavy atom. The molecule has 0 aliphatic heterocycles. The number of hydrogen-bond acceptors (Lipinski definition) is 6. The zero-order valence-electron chi connectivity index (χ0n) is 19.1. The van der Waals surface area contributed by atoms with Crippen LogP contribution in [0.2, 0.25) is 0 Å². The molecule has 0 aliphatic rings. The van der Waals surface area contributed by atoms with Gasteiger partial charge in [0.2, 0.25) is 0 Å². The van der Waals surface area contributed by atoms with Crippen molar-refractivity contribution in [1.29, 1.82) is 0 Å². The maximum absolute atomic E-state index is 11.8. The maximum atomic E-state index is 11.8. The zero-order chi connectivity index (χ0) is 23.3. The lowest BCUT2D eigenvalue weighted by Crippen LogP contribution is -1.99. The van der Waals surface area contributed by atoms with Crippen LogP contribution >= 0.6 is 0 Å². The van der Waals surface area contributed by atoms with E-state index in [9.17, 15) is 9.59 Å². The van der Waals surface area contributed by atoms with E-state index in [4.69, 9.17) is 18.9 Å². The van der Waals surface area contributed by atoms with Crippen LogP contribution in [0.1, 0.15) is 37.8 Å². The summed E-state index contributed by atoms with van der Waals surface area (Å²) in [6.07, 6.45) is 6.34. The molecule has 0 amide bonds. The average molecular weight is 439 g/mol. The predicted molar refractivity (Wildman–Crippen MR) is 126 cm³/mol. The van der Waals surface area contributed by atoms with Gasteiger partial charge < -0.3 is 18.9 Å². The number of methoxy groups -OCH3 is 2. The van der Waals surface area contributed by atoms with Gasteiger partial charge in [0.05, 0.1) is 27.4 Å². The van der Waals surface area contributed by atoms with Crippen LogP contribution in [-0.2, 0) is 9.59 Å². The third-order valence-electron chi connectivity index (χ3n) is 4.53. The highest BCUT2D eigenvalue weighted by molar-refractivity contribution is 6.02. The van der Waals surface area contributed by atoms with Crippen LogP contribution < -0.4 is 18.9 Å². The van der Waals surface area contributed by atoms with Gasteiger partial charge >= 0.3 is 0 Å². The Hall–Kier alpha value is -3.54. The lowest BCUT2D eigenvalue weighted by Gasteiger charge is -2.11. The third-order valence-corrected chi connectivity index (χ3v) is 4.53. The van der Waals surface area contributed by atoms with Gasteiger partial charge in [-0.25, -0.2) is 0 Å². The standard InChI is InChI=1S/C26H30O6/c1-5-11-31-23-9-7-19(15-25(23)29-3)13-21(17-27)22(18-28)14-20-8-10-24(32-12-6-2)26(16-20)30-4/h7-10,13-18H,5-6,11-12H2,1-4H3/b21-13+,22-14+. The highest BCUT2D eigenvalue weighted by Gasteiger charge is 2.10. The normalized spacial score (nSPS) is 11.6. The molecule has 2 aromatic carbocycles. The zero-order valence-corrected chi connectivity index (χ0v) is 19.1. The number of carbonyl (C=O) groups excluding carboxylic acids is 2. The minimum atomic E-state index is 0.245. The van der Waals surface area contributed by atoms with Gasteiger partial charge in [-0.3, -0.25) is 9.59 Å². The lowest BCUT2D eigenvalue weighted by atomic mass is 10.0. The van der Waals surface area contributed by atoms with E-state index in [0.29, 0.717) is 59.9 Å². The van der Waals surface area contributed by atoms with Crippen LogP contribution in [0.5, 0.6) is 23.0 Å². The molecule has 0 unspecified atom stereocenters. The van der Waals surface area contributed by atoms with E-state index >= 15 is 0 Å². The third kappa shape index (κ3) is 6.74. The molecular weight excluding hydrogens is 408 g/mol. The summed E-state index contributed by atoms with van der Waals surface area (Å²) in [7, 11) is 3.11. The van der Waals surface area contributed by atoms with Crippen molar-refractivity contribution >= 4 is 24.7 Å². The van der Waals surface area contributed by atoms with Crippen molar-refractivity contribution in [2.45, 2.75) is 26.7 Å². The van der Waals surface area contributed by atoms with E-state index < -0.39 is 0 Å². The highest BCUT2D eigenvalue weighted by atomic mass is 16.5. The van der Waals surface area contributed by atoms with Crippen molar-refractivity contribution < 1.29 is 28.5 Å². The van der Waals surface area contributed by atoms with Crippen molar-refractivity contribution in [3.8, 4) is 23.0 Å². The number of rotatable bonds is 13. The second-order valence-electron chi connectivity index (χ2n) is 6.95. The number of benzene rings is 2. The largest absolute Gasteiger partial charge is 0.493 e. The van der Waals surface area contributed by atoms with Crippen LogP contribution in [0, 0.1) is 0 Å². The fraction of sp³-hybridized carbons (Fsp3) is 0.308. The second-order valence-corrected chi connectivity index (χ2v) is 6.95. The van der Waals surface area contributed by atoms with E-state index in [1.807, 2.05) is 26.0 Å². The molecule has 0 aromatic heterocycles. The van der Waals surface area contributed by atoms with Crippen LogP contribution in [0.15, 0.2) is 47.5 Å². The van der Waals surface area contributed by atoms with Crippen LogP contribution in [0.25, 0.3) is 12.2 Å². The molecule has 0 heterocycles. The van der Waals surface area contributed by atoms with E-state index in [1.54, 1.807) is 50.6 Å². The van der Waals surface area contributed by atoms with Gasteiger partial charge in [-0.15, -0.1) is 0 Å². The van der Waals surface area contributed by atoms with Gasteiger partial charge in [0.25, 0.3) is 0 Å². The molecule has 0 saturated carbocycles. The summed E-state index contributed by atoms with van der Waals surface area (Å²) in [5.41, 5.74) is 1.91. The fourth-order valence-electron chi connectivity index (χ4n) is 2.94. The van der Waals surface area contributed by atoms with Crippen molar-refractivity contribution in [3.63, 3.8) is 0 Å². The van der Waals surface area contributed by atoms with Crippen LogP contribution in [-0.4, -0.2) is 40.0 Å². The molecule has 0 saturated heterocycles. The van der Waals surface area contributed by atoms with Crippen LogP contribution in [0.3, 0.4) is 0 Å². The first-order valence-corrected chi connectivity index (χ1v) is 10.6. The Bertz CT molecular complexity index is 895. The summed E-state index contributed by atoms with van der Waals surface area (Å²) in [6, 6.07) is 10.7. The van der Waals surface area contributed by atoms with E-state index in [1.165, 1.54) is 0 Å². The molecule has 32 heavy (non-hydrogen) atoms. The van der Waals surface area contributed by atoms with Crippen molar-refractivity contribution in [3.05, 3.63) is 58.7 Å². The predicted octanol–water partition coefficient (Wildman–Crippen LogP) is 5.15. The van der Waals surface area contributed by atoms with Gasteiger partial charge in [0, 0.05) is 11.1 Å². The highest BCUT2D eigenvalue weighted by Crippen LogP contribution is 2.31. The Labute approximate surface area is 189 Å². The van der Waals surface area contributed by atoms with Gasteiger partial charge in [-0.2, -0.15) is 0 Å². The summed E-state index contributed by atoms with van der Waals surface area (Å²) in [5.74, 6) is 2.37. The SMILES string of the molecule is CCCOc1ccc(/C=C(C=O)/C(C=O)=C/c2ccc(OCCC)c(OC)c2)cc1OC. The number of aldehydes is 2. The van der Waals surface area contributed by atoms with Gasteiger partial charge in [0.15, 0.2) is 35.6 Å². The van der Waals surface area contributed by atoms with Crippen molar-refractivity contribution in [2.24, 2.45) is 0 Å². The molecule has 6 nitrogen and oxygen atoms in total. The number of hydrogen-bond donors (Lipinski definition) is 0. The molecule has 0 bridgehead atoms. The summed E-state index contributed by atoms with van der Waals surface area (Å²) in [6.45, 7) is 5.20. The molecule has 2 aromatic rings. The summed E-state index contributed by atoms with van der Waals surface area (Å²) in [4.78, 5) is 23.6. The summed E-state index contributed by atoms with van der Waals surface area (Å²) in [5, 5.41) is 0. The van der Waals surface area contributed by atoms with Crippen molar-refractivity contribution in [1.82, 2.24) is 0 Å².